The molecule has 0 bridgehead atoms. The molecule has 0 aliphatic heterocycles. The van der Waals surface area contributed by atoms with Gasteiger partial charge in [-0.3, -0.25) is 4.98 Å². The monoisotopic (exact) mass is 928 g/mol. The Labute approximate surface area is 343 Å². The number of benzene rings is 6. The van der Waals surface area contributed by atoms with E-state index < -0.39 is 8.07 Å². The zero-order valence-corrected chi connectivity index (χ0v) is 36.7. The molecule has 277 valence electrons. The number of para-hydroxylation sites is 1. The topological polar surface area (TPSA) is 30.7 Å². The van der Waals surface area contributed by atoms with Crippen molar-refractivity contribution in [3.8, 4) is 28.3 Å². The maximum absolute atomic E-state index is 5.37. The molecule has 0 spiro atoms. The number of thiophene rings is 1. The van der Waals surface area contributed by atoms with E-state index in [9.17, 15) is 0 Å². The minimum Gasteiger partial charge on any atom is -0.332 e. The molecule has 0 fully saturated rings. The van der Waals surface area contributed by atoms with Gasteiger partial charge < -0.3 is 9.55 Å². The predicted molar refractivity (Wildman–Crippen MR) is 235 cm³/mol. The number of hydrogen-bond acceptors (Lipinski definition) is 3. The van der Waals surface area contributed by atoms with Gasteiger partial charge in [-0.15, -0.1) is 54.1 Å². The normalized spacial score (nSPS) is 11.7. The average molecular weight is 928 g/mol. The molecule has 3 aromatic heterocycles. The zero-order valence-electron chi connectivity index (χ0n) is 32.4. The molecule has 9 rings (SSSR count). The minimum atomic E-state index is -1.23. The molecule has 3 heterocycles. The molecule has 1 radical (unpaired) electrons. The molecule has 0 saturated carbocycles. The molecule has 6 heteroatoms. The number of imidazole rings is 1. The summed E-state index contributed by atoms with van der Waals surface area (Å²) in [5.74, 6) is 1.70. The van der Waals surface area contributed by atoms with Crippen LogP contribution in [0.1, 0.15) is 50.7 Å². The maximum Gasteiger partial charge on any atom is 0.0795 e. The Morgan fingerprint density at radius 1 is 0.655 bits per heavy atom. The second-order valence-corrected chi connectivity index (χ2v) is 21.8. The van der Waals surface area contributed by atoms with Crippen LogP contribution in [0, 0.1) is 12.1 Å². The maximum atomic E-state index is 5.37. The molecule has 0 saturated heterocycles. The number of aromatic nitrogens is 3. The summed E-state index contributed by atoms with van der Waals surface area (Å²) in [4.78, 5) is 9.89. The summed E-state index contributed by atoms with van der Waals surface area (Å²) in [5, 5.41) is 6.41. The molecular formula is C49H45IrN3SSi-2. The summed E-state index contributed by atoms with van der Waals surface area (Å²) in [5.41, 5.74) is 9.25. The molecule has 0 amide bonds. The Morgan fingerprint density at radius 2 is 1.36 bits per heavy atom. The van der Waals surface area contributed by atoms with E-state index in [0.29, 0.717) is 11.8 Å². The van der Waals surface area contributed by atoms with Crippen LogP contribution in [0.4, 0.5) is 0 Å². The van der Waals surface area contributed by atoms with E-state index in [0.717, 1.165) is 28.2 Å². The van der Waals surface area contributed by atoms with Crippen molar-refractivity contribution in [2.45, 2.75) is 59.2 Å². The van der Waals surface area contributed by atoms with Crippen molar-refractivity contribution in [3.05, 3.63) is 157 Å². The molecule has 3 nitrogen and oxygen atoms in total. The van der Waals surface area contributed by atoms with Gasteiger partial charge in [0.1, 0.15) is 0 Å². The molecule has 0 atom stereocenters. The molecule has 0 aliphatic carbocycles. The fourth-order valence-corrected chi connectivity index (χ4v) is 9.63. The van der Waals surface area contributed by atoms with Gasteiger partial charge in [-0.2, -0.15) is 11.3 Å². The van der Waals surface area contributed by atoms with Crippen LogP contribution in [0.2, 0.25) is 19.6 Å². The fraction of sp³-hybridized carbons (Fsp3) is 0.184. The van der Waals surface area contributed by atoms with E-state index >= 15 is 0 Å². The first-order valence-corrected chi connectivity index (χ1v) is 23.2. The Hall–Kier alpha value is -4.71. The van der Waals surface area contributed by atoms with Gasteiger partial charge >= 0.3 is 0 Å². The van der Waals surface area contributed by atoms with Crippen LogP contribution in [-0.2, 0) is 20.1 Å². The second-order valence-electron chi connectivity index (χ2n) is 15.7. The Morgan fingerprint density at radius 3 is 2.04 bits per heavy atom. The van der Waals surface area contributed by atoms with Gasteiger partial charge in [0.15, 0.2) is 0 Å². The largest absolute Gasteiger partial charge is 0.332 e. The van der Waals surface area contributed by atoms with Gasteiger partial charge in [0, 0.05) is 42.1 Å². The summed E-state index contributed by atoms with van der Waals surface area (Å²) < 4.78 is 4.99. The standard InChI is InChI=1S/C35H29N2S.C14H16NSi.Ir/c1-21(2)24-14-9-15-25(22(3)4)32(24)37-33-26-12-6-5-11-23(26)19-20-30(33)36-35(37)29-17-10-16-28-27-13-7-8-18-31(27)38-34(28)29;1-16(2,3)13-9-10-14(15-11-13)12-7-5-4-6-8-12;/h5-16,18-22H,1-4H3;4-7,9-11H,1-3H3;/q2*-1;. The number of nitrogens with zero attached hydrogens (tertiary/aromatic N) is 3. The van der Waals surface area contributed by atoms with Gasteiger partial charge in [0.05, 0.1) is 24.9 Å². The molecule has 6 aromatic carbocycles. The second kappa shape index (κ2) is 15.8. The van der Waals surface area contributed by atoms with Gasteiger partial charge in [0.2, 0.25) is 0 Å². The van der Waals surface area contributed by atoms with Crippen LogP contribution in [0.25, 0.3) is 70.3 Å². The average Bonchev–Trinajstić information content (AvgIpc) is 3.77. The van der Waals surface area contributed by atoms with E-state index in [-0.39, 0.29) is 20.1 Å². The van der Waals surface area contributed by atoms with Crippen molar-refractivity contribution in [2.75, 3.05) is 0 Å². The van der Waals surface area contributed by atoms with Crippen molar-refractivity contribution >= 4 is 66.6 Å². The Kier molecular flexibility index (Phi) is 11.1. The van der Waals surface area contributed by atoms with Gasteiger partial charge in [-0.25, -0.2) is 0 Å². The van der Waals surface area contributed by atoms with Gasteiger partial charge in [0.25, 0.3) is 0 Å². The van der Waals surface area contributed by atoms with Crippen LogP contribution in [0.15, 0.2) is 134 Å². The van der Waals surface area contributed by atoms with E-state index in [1.54, 1.807) is 0 Å². The van der Waals surface area contributed by atoms with Crippen LogP contribution in [0.5, 0.6) is 0 Å². The smallest absolute Gasteiger partial charge is 0.0795 e. The third kappa shape index (κ3) is 7.37. The minimum absolute atomic E-state index is 0. The third-order valence-corrected chi connectivity index (χ3v) is 13.5. The first kappa shape index (κ1) is 38.6. The summed E-state index contributed by atoms with van der Waals surface area (Å²) >= 11 is 1.84. The first-order valence-electron chi connectivity index (χ1n) is 18.9. The van der Waals surface area contributed by atoms with E-state index in [2.05, 4.69) is 172 Å². The SMILES string of the molecule is CC(C)c1cccc(C(C)C)c1-n1c(-c2[c-]ccc3c2sc2ccccc23)nc2ccc3ccccc3c21.C[Si](C)(C)c1ccc(-c2[c-]cccc2)nc1.[Ir]. The van der Waals surface area contributed by atoms with Crippen LogP contribution in [-0.4, -0.2) is 22.6 Å². The first-order chi connectivity index (χ1) is 26.1. The van der Waals surface area contributed by atoms with Crippen molar-refractivity contribution in [1.82, 2.24) is 14.5 Å². The number of rotatable bonds is 6. The summed E-state index contributed by atoms with van der Waals surface area (Å²) in [6, 6.07) is 51.8. The van der Waals surface area contributed by atoms with E-state index in [1.165, 1.54) is 58.5 Å². The fourth-order valence-electron chi connectivity index (χ4n) is 7.40. The summed E-state index contributed by atoms with van der Waals surface area (Å²) in [7, 11) is -1.23. The molecule has 55 heavy (non-hydrogen) atoms. The zero-order chi connectivity index (χ0) is 37.6. The number of hydrogen-bond donors (Lipinski definition) is 0. The van der Waals surface area contributed by atoms with Gasteiger partial charge in [-0.1, -0.05) is 137 Å². The molecule has 0 aliphatic rings. The van der Waals surface area contributed by atoms with E-state index in [1.807, 2.05) is 41.8 Å². The van der Waals surface area contributed by atoms with Crippen molar-refractivity contribution in [1.29, 1.82) is 0 Å². The van der Waals surface area contributed by atoms with Crippen molar-refractivity contribution in [2.24, 2.45) is 0 Å². The van der Waals surface area contributed by atoms with Crippen molar-refractivity contribution < 1.29 is 20.1 Å². The quantitative estimate of drug-likeness (QED) is 0.123. The van der Waals surface area contributed by atoms with Crippen LogP contribution < -0.4 is 5.19 Å². The van der Waals surface area contributed by atoms with E-state index in [4.69, 9.17) is 4.98 Å². The summed E-state index contributed by atoms with van der Waals surface area (Å²) in [6.45, 7) is 16.2. The third-order valence-electron chi connectivity index (χ3n) is 10.3. The van der Waals surface area contributed by atoms with Gasteiger partial charge in [-0.05, 0) is 61.4 Å². The predicted octanol–water partition coefficient (Wildman–Crippen LogP) is 13.4. The number of fused-ring (bicyclic) bond motifs is 6. The Balaban J connectivity index is 0.000000231. The molecular weight excluding hydrogens is 883 g/mol. The van der Waals surface area contributed by atoms with Crippen LogP contribution >= 0.6 is 11.3 Å². The molecule has 0 N–H and O–H groups in total. The molecule has 0 unspecified atom stereocenters. The van der Waals surface area contributed by atoms with Crippen LogP contribution in [0.3, 0.4) is 0 Å². The van der Waals surface area contributed by atoms with Crippen molar-refractivity contribution in [3.63, 3.8) is 0 Å². The molecule has 9 aromatic rings. The number of pyridine rings is 1. The summed E-state index contributed by atoms with van der Waals surface area (Å²) in [6.07, 6.45) is 2.02. The Bertz CT molecular complexity index is 2730.